The summed E-state index contributed by atoms with van der Waals surface area (Å²) in [5.41, 5.74) is 1.07. The van der Waals surface area contributed by atoms with E-state index in [4.69, 9.17) is 5.11 Å². The van der Waals surface area contributed by atoms with Crippen molar-refractivity contribution < 1.29 is 9.90 Å². The smallest absolute Gasteiger partial charge is 0.335 e. The molecule has 1 aliphatic heterocycles. The molecule has 2 heterocycles. The van der Waals surface area contributed by atoms with Gasteiger partial charge in [0.2, 0.25) is 0 Å². The first-order valence-electron chi connectivity index (χ1n) is 5.64. The van der Waals surface area contributed by atoms with E-state index in [9.17, 15) is 4.79 Å². The van der Waals surface area contributed by atoms with Crippen LogP contribution in [0, 0.1) is 6.92 Å². The van der Waals surface area contributed by atoms with Crippen LogP contribution in [0.25, 0.3) is 0 Å². The van der Waals surface area contributed by atoms with Gasteiger partial charge in [0, 0.05) is 29.8 Å². The Balaban J connectivity index is 2.33. The van der Waals surface area contributed by atoms with E-state index >= 15 is 0 Å². The highest BCUT2D eigenvalue weighted by Crippen LogP contribution is 2.23. The number of nitrogens with zero attached hydrogens (tertiary/aromatic N) is 2. The molecule has 0 amide bonds. The quantitative estimate of drug-likeness (QED) is 0.872. The van der Waals surface area contributed by atoms with Crippen molar-refractivity contribution in [2.45, 2.75) is 19.9 Å². The molecule has 1 saturated heterocycles. The minimum atomic E-state index is -0.893. The lowest BCUT2D eigenvalue weighted by molar-refractivity contribution is 0.0696. The van der Waals surface area contributed by atoms with Crippen molar-refractivity contribution in [3.05, 3.63) is 23.4 Å². The van der Waals surface area contributed by atoms with Crippen LogP contribution in [0.5, 0.6) is 0 Å². The van der Waals surface area contributed by atoms with Crippen molar-refractivity contribution >= 4 is 23.5 Å². The summed E-state index contributed by atoms with van der Waals surface area (Å²) in [5, 5.41) is 9.05. The minimum absolute atomic E-state index is 0.318. The monoisotopic (exact) mass is 252 g/mol. The summed E-state index contributed by atoms with van der Waals surface area (Å²) in [4.78, 5) is 17.7. The van der Waals surface area contributed by atoms with Crippen molar-refractivity contribution in [2.24, 2.45) is 0 Å². The van der Waals surface area contributed by atoms with Crippen LogP contribution in [-0.4, -0.2) is 40.2 Å². The van der Waals surface area contributed by atoms with Crippen LogP contribution in [0.15, 0.2) is 12.1 Å². The Hall–Kier alpha value is -1.23. The van der Waals surface area contributed by atoms with Crippen molar-refractivity contribution in [1.29, 1.82) is 0 Å². The highest BCUT2D eigenvalue weighted by molar-refractivity contribution is 7.99. The number of aromatic carboxylic acids is 1. The maximum atomic E-state index is 11.0. The van der Waals surface area contributed by atoms with Crippen LogP contribution in [0.1, 0.15) is 23.0 Å². The van der Waals surface area contributed by atoms with E-state index in [1.54, 1.807) is 12.1 Å². The SMILES string of the molecule is Cc1cc(C(=O)O)cc(N2CCSCC2C)n1. The largest absolute Gasteiger partial charge is 0.478 e. The molecule has 17 heavy (non-hydrogen) atoms. The van der Waals surface area contributed by atoms with Gasteiger partial charge in [-0.25, -0.2) is 9.78 Å². The highest BCUT2D eigenvalue weighted by Gasteiger charge is 2.21. The third kappa shape index (κ3) is 2.72. The van der Waals surface area contributed by atoms with Crippen LogP contribution in [0.4, 0.5) is 5.82 Å². The van der Waals surface area contributed by atoms with Crippen molar-refractivity contribution in [2.75, 3.05) is 23.0 Å². The van der Waals surface area contributed by atoms with E-state index in [1.165, 1.54) is 0 Å². The predicted octanol–water partition coefficient (Wildman–Crippen LogP) is 2.03. The summed E-state index contributed by atoms with van der Waals surface area (Å²) in [6, 6.07) is 3.68. The standard InChI is InChI=1S/C12H16N2O2S/c1-8-5-10(12(15)16)6-11(13-8)14-3-4-17-7-9(14)2/h5-6,9H,3-4,7H2,1-2H3,(H,15,16). The van der Waals surface area contributed by atoms with Crippen LogP contribution in [-0.2, 0) is 0 Å². The second-order valence-electron chi connectivity index (χ2n) is 4.28. The second kappa shape index (κ2) is 4.96. The highest BCUT2D eigenvalue weighted by atomic mass is 32.2. The summed E-state index contributed by atoms with van der Waals surface area (Å²) >= 11 is 1.93. The van der Waals surface area contributed by atoms with Gasteiger partial charge >= 0.3 is 5.97 Å². The van der Waals surface area contributed by atoms with Gasteiger partial charge in [-0.2, -0.15) is 11.8 Å². The van der Waals surface area contributed by atoms with E-state index in [2.05, 4.69) is 16.8 Å². The molecule has 0 spiro atoms. The third-order valence-corrected chi connectivity index (χ3v) is 4.04. The van der Waals surface area contributed by atoms with Gasteiger partial charge < -0.3 is 10.0 Å². The molecule has 0 aliphatic carbocycles. The van der Waals surface area contributed by atoms with Gasteiger partial charge in [-0.05, 0) is 26.0 Å². The number of aromatic nitrogens is 1. The van der Waals surface area contributed by atoms with Gasteiger partial charge in [0.25, 0.3) is 0 Å². The fourth-order valence-electron chi connectivity index (χ4n) is 1.99. The maximum Gasteiger partial charge on any atom is 0.335 e. The lowest BCUT2D eigenvalue weighted by Gasteiger charge is -2.34. The molecule has 1 aromatic heterocycles. The topological polar surface area (TPSA) is 53.4 Å². The summed E-state index contributed by atoms with van der Waals surface area (Å²) < 4.78 is 0. The Morgan fingerprint density at radius 1 is 1.59 bits per heavy atom. The van der Waals surface area contributed by atoms with Crippen LogP contribution in [0.3, 0.4) is 0 Å². The molecule has 1 aromatic rings. The molecule has 0 radical (unpaired) electrons. The molecule has 2 rings (SSSR count). The summed E-state index contributed by atoms with van der Waals surface area (Å²) in [5.74, 6) is 2.03. The van der Waals surface area contributed by atoms with E-state index in [-0.39, 0.29) is 0 Å². The van der Waals surface area contributed by atoms with Gasteiger partial charge in [0.15, 0.2) is 0 Å². The number of anilines is 1. The molecule has 5 heteroatoms. The van der Waals surface area contributed by atoms with E-state index in [1.807, 2.05) is 18.7 Å². The summed E-state index contributed by atoms with van der Waals surface area (Å²) in [6.45, 7) is 4.91. The number of thioether (sulfide) groups is 1. The molecule has 4 nitrogen and oxygen atoms in total. The number of carboxylic acid groups (broad SMARTS) is 1. The van der Waals surface area contributed by atoms with Crippen LogP contribution in [0.2, 0.25) is 0 Å². The fraction of sp³-hybridized carbons (Fsp3) is 0.500. The normalized spacial score (nSPS) is 20.4. The first-order valence-corrected chi connectivity index (χ1v) is 6.80. The molecule has 1 N–H and O–H groups in total. The zero-order valence-corrected chi connectivity index (χ0v) is 10.8. The number of hydrogen-bond acceptors (Lipinski definition) is 4. The van der Waals surface area contributed by atoms with Gasteiger partial charge in [-0.15, -0.1) is 0 Å². The molecule has 92 valence electrons. The van der Waals surface area contributed by atoms with E-state index in [0.29, 0.717) is 11.6 Å². The lowest BCUT2D eigenvalue weighted by Crippen LogP contribution is -2.41. The summed E-state index contributed by atoms with van der Waals surface area (Å²) in [7, 11) is 0. The Morgan fingerprint density at radius 2 is 2.35 bits per heavy atom. The Morgan fingerprint density at radius 3 is 3.00 bits per heavy atom. The average molecular weight is 252 g/mol. The van der Waals surface area contributed by atoms with E-state index < -0.39 is 5.97 Å². The number of carbonyl (C=O) groups is 1. The van der Waals surface area contributed by atoms with Crippen molar-refractivity contribution in [3.63, 3.8) is 0 Å². The molecule has 1 aliphatic rings. The molecular formula is C12H16N2O2S. The van der Waals surface area contributed by atoms with Gasteiger partial charge in [-0.1, -0.05) is 0 Å². The van der Waals surface area contributed by atoms with Crippen molar-refractivity contribution in [1.82, 2.24) is 4.98 Å². The Kier molecular flexibility index (Phi) is 3.57. The first kappa shape index (κ1) is 12.2. The first-order chi connectivity index (χ1) is 8.08. The van der Waals surface area contributed by atoms with Crippen molar-refractivity contribution in [3.8, 4) is 0 Å². The molecule has 1 atom stereocenters. The average Bonchev–Trinajstić information content (AvgIpc) is 2.28. The molecule has 0 bridgehead atoms. The lowest BCUT2D eigenvalue weighted by atomic mass is 10.2. The minimum Gasteiger partial charge on any atom is -0.478 e. The number of rotatable bonds is 2. The predicted molar refractivity (Wildman–Crippen MR) is 70.1 cm³/mol. The third-order valence-electron chi connectivity index (χ3n) is 2.85. The van der Waals surface area contributed by atoms with Crippen LogP contribution >= 0.6 is 11.8 Å². The number of carboxylic acids is 1. The zero-order chi connectivity index (χ0) is 12.4. The Bertz CT molecular complexity index is 437. The number of pyridine rings is 1. The second-order valence-corrected chi connectivity index (χ2v) is 5.43. The van der Waals surface area contributed by atoms with Gasteiger partial charge in [0.1, 0.15) is 5.82 Å². The molecule has 1 unspecified atom stereocenters. The molecule has 1 fully saturated rings. The molecular weight excluding hydrogens is 236 g/mol. The number of hydrogen-bond donors (Lipinski definition) is 1. The van der Waals surface area contributed by atoms with Gasteiger partial charge in [-0.3, -0.25) is 0 Å². The molecule has 0 aromatic carbocycles. The van der Waals surface area contributed by atoms with E-state index in [0.717, 1.165) is 29.6 Å². The maximum absolute atomic E-state index is 11.0. The summed E-state index contributed by atoms with van der Waals surface area (Å²) in [6.07, 6.45) is 0. The molecule has 0 saturated carbocycles. The number of aryl methyl sites for hydroxylation is 1. The fourth-order valence-corrected chi connectivity index (χ4v) is 3.00. The van der Waals surface area contributed by atoms with Gasteiger partial charge in [0.05, 0.1) is 5.56 Å². The Labute approximate surface area is 105 Å². The van der Waals surface area contributed by atoms with Crippen LogP contribution < -0.4 is 4.90 Å². The zero-order valence-electron chi connectivity index (χ0n) is 10.0.